The molecule has 24 heavy (non-hydrogen) atoms. The van der Waals surface area contributed by atoms with Crippen LogP contribution in [0.15, 0.2) is 6.20 Å². The molecule has 1 aromatic heterocycles. The molecule has 0 unspecified atom stereocenters. The van der Waals surface area contributed by atoms with Crippen molar-refractivity contribution >= 4 is 0 Å². The zero-order chi connectivity index (χ0) is 16.9. The first-order chi connectivity index (χ1) is 11.6. The van der Waals surface area contributed by atoms with Gasteiger partial charge in [0.1, 0.15) is 5.82 Å². The van der Waals surface area contributed by atoms with Crippen LogP contribution in [-0.4, -0.2) is 39.2 Å². The summed E-state index contributed by atoms with van der Waals surface area (Å²) in [5.41, 5.74) is 1.25. The molecule has 0 aromatic carbocycles. The van der Waals surface area contributed by atoms with Gasteiger partial charge in [-0.15, -0.1) is 0 Å². The lowest BCUT2D eigenvalue weighted by molar-refractivity contribution is 0.0434. The molecule has 0 radical (unpaired) electrons. The number of imidazole rings is 1. The van der Waals surface area contributed by atoms with Crippen LogP contribution < -0.4 is 0 Å². The Bertz CT molecular complexity index is 485. The number of hydrogen-bond acceptors (Lipinski definition) is 3. The van der Waals surface area contributed by atoms with Gasteiger partial charge in [-0.05, 0) is 50.1 Å². The van der Waals surface area contributed by atoms with E-state index in [1.54, 1.807) is 0 Å². The van der Waals surface area contributed by atoms with E-state index in [-0.39, 0.29) is 6.10 Å². The van der Waals surface area contributed by atoms with Gasteiger partial charge in [-0.2, -0.15) is 0 Å². The van der Waals surface area contributed by atoms with Crippen molar-refractivity contribution in [1.82, 2.24) is 14.9 Å². The van der Waals surface area contributed by atoms with Gasteiger partial charge >= 0.3 is 0 Å². The molecule has 1 aliphatic carbocycles. The molecule has 1 saturated heterocycles. The Balaban J connectivity index is 1.42. The van der Waals surface area contributed by atoms with Crippen LogP contribution in [0.1, 0.15) is 70.3 Å². The normalized spacial score (nSPS) is 22.5. The predicted molar refractivity (Wildman–Crippen MR) is 97.7 cm³/mol. The number of aliphatic hydroxyl groups excluding tert-OH is 1. The van der Waals surface area contributed by atoms with Gasteiger partial charge in [0.2, 0.25) is 0 Å². The lowest BCUT2D eigenvalue weighted by atomic mass is 9.87. The second-order valence-corrected chi connectivity index (χ2v) is 8.52. The quantitative estimate of drug-likeness (QED) is 0.799. The Hall–Kier alpha value is -0.870. The van der Waals surface area contributed by atoms with Crippen LogP contribution in [-0.2, 0) is 13.0 Å². The van der Waals surface area contributed by atoms with Gasteiger partial charge in [0.25, 0.3) is 0 Å². The topological polar surface area (TPSA) is 52.1 Å². The Kier molecular flexibility index (Phi) is 6.34. The van der Waals surface area contributed by atoms with E-state index >= 15 is 0 Å². The number of hydrogen-bond donors (Lipinski definition) is 2. The highest BCUT2D eigenvalue weighted by atomic mass is 16.3. The van der Waals surface area contributed by atoms with Crippen LogP contribution in [0.4, 0.5) is 0 Å². The van der Waals surface area contributed by atoms with E-state index < -0.39 is 0 Å². The van der Waals surface area contributed by atoms with E-state index in [9.17, 15) is 5.11 Å². The van der Waals surface area contributed by atoms with Crippen molar-refractivity contribution in [3.63, 3.8) is 0 Å². The Labute approximate surface area is 147 Å². The average Bonchev–Trinajstić information content (AvgIpc) is 3.20. The van der Waals surface area contributed by atoms with Crippen LogP contribution in [0, 0.1) is 17.8 Å². The van der Waals surface area contributed by atoms with Crippen LogP contribution in [0.5, 0.6) is 0 Å². The molecule has 1 aromatic rings. The summed E-state index contributed by atoms with van der Waals surface area (Å²) in [7, 11) is 0. The molecule has 2 N–H and O–H groups in total. The number of rotatable bonds is 7. The van der Waals surface area contributed by atoms with E-state index in [0.717, 1.165) is 51.2 Å². The number of nitrogens with zero attached hydrogens (tertiary/aromatic N) is 2. The number of piperidine rings is 1. The standard InChI is InChI=1S/C20H35N3O/c1-15(2)11-19(24)17-7-9-23(10-8-17)14-18-13-21-20(22-18)12-16-5-3-4-6-16/h13,15-17,19,24H,3-12,14H2,1-2H3,(H,21,22)/t19-/m1/s1. The minimum Gasteiger partial charge on any atom is -0.393 e. The smallest absolute Gasteiger partial charge is 0.106 e. The highest BCUT2D eigenvalue weighted by molar-refractivity contribution is 5.02. The van der Waals surface area contributed by atoms with Crippen molar-refractivity contribution in [2.45, 2.75) is 77.9 Å². The fraction of sp³-hybridized carbons (Fsp3) is 0.850. The molecule has 1 aliphatic heterocycles. The second-order valence-electron chi connectivity index (χ2n) is 8.52. The summed E-state index contributed by atoms with van der Waals surface area (Å²) < 4.78 is 0. The molecule has 3 rings (SSSR count). The first kappa shape index (κ1) is 17.9. The number of likely N-dealkylation sites (tertiary alicyclic amines) is 1. The summed E-state index contributed by atoms with van der Waals surface area (Å²) in [5.74, 6) is 3.10. The zero-order valence-electron chi connectivity index (χ0n) is 15.5. The number of aromatic amines is 1. The lowest BCUT2D eigenvalue weighted by Gasteiger charge is -2.34. The zero-order valence-corrected chi connectivity index (χ0v) is 15.5. The highest BCUT2D eigenvalue weighted by Gasteiger charge is 2.26. The summed E-state index contributed by atoms with van der Waals surface area (Å²) in [4.78, 5) is 10.6. The molecule has 0 spiro atoms. The molecule has 0 amide bonds. The third kappa shape index (κ3) is 5.06. The highest BCUT2D eigenvalue weighted by Crippen LogP contribution is 2.28. The van der Waals surface area contributed by atoms with Gasteiger partial charge in [-0.25, -0.2) is 4.98 Å². The van der Waals surface area contributed by atoms with Crippen molar-refractivity contribution in [3.05, 3.63) is 17.7 Å². The molecule has 2 fully saturated rings. The van der Waals surface area contributed by atoms with E-state index in [2.05, 4.69) is 28.7 Å². The number of aliphatic hydroxyl groups is 1. The minimum absolute atomic E-state index is 0.114. The molecule has 2 aliphatic rings. The lowest BCUT2D eigenvalue weighted by Crippen LogP contribution is -2.37. The van der Waals surface area contributed by atoms with Crippen LogP contribution in [0.3, 0.4) is 0 Å². The maximum absolute atomic E-state index is 10.3. The fourth-order valence-electron chi connectivity index (χ4n) is 4.49. The number of aromatic nitrogens is 2. The third-order valence-corrected chi connectivity index (χ3v) is 5.92. The van der Waals surface area contributed by atoms with Crippen molar-refractivity contribution in [3.8, 4) is 0 Å². The second kappa shape index (κ2) is 8.48. The first-order valence-electron chi connectivity index (χ1n) is 10.0. The molecule has 136 valence electrons. The third-order valence-electron chi connectivity index (χ3n) is 5.92. The molecular weight excluding hydrogens is 298 g/mol. The number of nitrogens with one attached hydrogen (secondary N) is 1. The molecule has 1 saturated carbocycles. The molecular formula is C20H35N3O. The van der Waals surface area contributed by atoms with Gasteiger partial charge in [-0.3, -0.25) is 4.90 Å². The van der Waals surface area contributed by atoms with E-state index in [0.29, 0.717) is 11.8 Å². The van der Waals surface area contributed by atoms with Gasteiger partial charge in [-0.1, -0.05) is 39.5 Å². The summed E-state index contributed by atoms with van der Waals surface area (Å²) in [6, 6.07) is 0. The van der Waals surface area contributed by atoms with Gasteiger partial charge in [0.15, 0.2) is 0 Å². The van der Waals surface area contributed by atoms with Crippen molar-refractivity contribution < 1.29 is 5.11 Å². The van der Waals surface area contributed by atoms with Crippen molar-refractivity contribution in [2.75, 3.05) is 13.1 Å². The summed E-state index contributed by atoms with van der Waals surface area (Å²) >= 11 is 0. The average molecular weight is 334 g/mol. The van der Waals surface area contributed by atoms with Crippen molar-refractivity contribution in [2.24, 2.45) is 17.8 Å². The maximum atomic E-state index is 10.3. The van der Waals surface area contributed by atoms with Crippen LogP contribution in [0.2, 0.25) is 0 Å². The Morgan fingerprint density at radius 2 is 1.92 bits per heavy atom. The summed E-state index contributed by atoms with van der Waals surface area (Å²) in [5, 5.41) is 10.3. The summed E-state index contributed by atoms with van der Waals surface area (Å²) in [6.45, 7) is 7.55. The van der Waals surface area contributed by atoms with E-state index in [1.165, 1.54) is 37.2 Å². The van der Waals surface area contributed by atoms with Gasteiger partial charge in [0.05, 0.1) is 6.10 Å². The van der Waals surface area contributed by atoms with E-state index in [4.69, 9.17) is 0 Å². The first-order valence-corrected chi connectivity index (χ1v) is 10.0. The fourth-order valence-corrected chi connectivity index (χ4v) is 4.49. The predicted octanol–water partition coefficient (Wildman–Crippen LogP) is 3.76. The molecule has 1 atom stereocenters. The number of H-pyrrole nitrogens is 1. The Morgan fingerprint density at radius 3 is 2.58 bits per heavy atom. The Morgan fingerprint density at radius 1 is 1.21 bits per heavy atom. The molecule has 4 heteroatoms. The van der Waals surface area contributed by atoms with Crippen molar-refractivity contribution in [1.29, 1.82) is 0 Å². The minimum atomic E-state index is -0.114. The summed E-state index contributed by atoms with van der Waals surface area (Å²) in [6.07, 6.45) is 11.8. The SMILES string of the molecule is CC(C)C[C@@H](O)C1CCN(Cc2cnc(CC3CCCC3)[nH]2)CC1. The van der Waals surface area contributed by atoms with Crippen LogP contribution in [0.25, 0.3) is 0 Å². The van der Waals surface area contributed by atoms with Crippen LogP contribution >= 0.6 is 0 Å². The molecule has 4 nitrogen and oxygen atoms in total. The monoisotopic (exact) mass is 333 g/mol. The molecule has 2 heterocycles. The maximum Gasteiger partial charge on any atom is 0.106 e. The largest absolute Gasteiger partial charge is 0.393 e. The van der Waals surface area contributed by atoms with E-state index in [1.807, 2.05) is 6.20 Å². The van der Waals surface area contributed by atoms with Gasteiger partial charge in [0, 0.05) is 24.9 Å². The molecule has 0 bridgehead atoms. The van der Waals surface area contributed by atoms with Gasteiger partial charge < -0.3 is 10.1 Å².